The number of nitrogens with zero attached hydrogens (tertiary/aromatic N) is 2. The molecule has 0 saturated carbocycles. The van der Waals surface area contributed by atoms with Gasteiger partial charge in [0.25, 0.3) is 0 Å². The maximum Gasteiger partial charge on any atom is 0.332 e. The lowest BCUT2D eigenvalue weighted by molar-refractivity contribution is 0.249. The van der Waals surface area contributed by atoms with E-state index in [9.17, 15) is 4.79 Å². The number of primary amides is 1. The molecule has 2 amide bonds. The van der Waals surface area contributed by atoms with E-state index in [1.807, 2.05) is 11.5 Å². The lowest BCUT2D eigenvalue weighted by Gasteiger charge is -2.05. The standard InChI is InChI=1S/C10H9ClN4O2/c11-8-1-2-9(17-4-3-12)7(5-8)6-14-15-10(13)16/h1-2,5-6H,4H2,(H3,13,15,16). The molecule has 0 fully saturated rings. The normalized spacial score (nSPS) is 9.88. The zero-order chi connectivity index (χ0) is 12.7. The Morgan fingerprint density at radius 3 is 3.12 bits per heavy atom. The van der Waals surface area contributed by atoms with E-state index in [1.54, 1.807) is 18.2 Å². The van der Waals surface area contributed by atoms with Crippen LogP contribution in [0.3, 0.4) is 0 Å². The highest BCUT2D eigenvalue weighted by atomic mass is 35.5. The van der Waals surface area contributed by atoms with Gasteiger partial charge in [-0.25, -0.2) is 10.2 Å². The van der Waals surface area contributed by atoms with Crippen LogP contribution in [-0.4, -0.2) is 18.9 Å². The van der Waals surface area contributed by atoms with Crippen molar-refractivity contribution in [1.29, 1.82) is 5.26 Å². The van der Waals surface area contributed by atoms with Gasteiger partial charge in [-0.3, -0.25) is 0 Å². The summed E-state index contributed by atoms with van der Waals surface area (Å²) in [6, 6.07) is 5.87. The molecule has 7 heteroatoms. The predicted octanol–water partition coefficient (Wildman–Crippen LogP) is 1.24. The van der Waals surface area contributed by atoms with E-state index in [1.165, 1.54) is 6.21 Å². The Kier molecular flexibility index (Phi) is 4.78. The van der Waals surface area contributed by atoms with Gasteiger partial charge in [0.15, 0.2) is 6.61 Å². The number of nitriles is 1. The molecule has 0 aromatic heterocycles. The smallest absolute Gasteiger partial charge is 0.332 e. The molecule has 0 aliphatic carbocycles. The minimum absolute atomic E-state index is 0.0915. The van der Waals surface area contributed by atoms with Gasteiger partial charge < -0.3 is 10.5 Å². The Morgan fingerprint density at radius 2 is 2.47 bits per heavy atom. The van der Waals surface area contributed by atoms with Crippen LogP contribution in [0, 0.1) is 11.3 Å². The molecule has 0 bridgehead atoms. The van der Waals surface area contributed by atoms with E-state index in [2.05, 4.69) is 5.10 Å². The molecular formula is C10H9ClN4O2. The summed E-state index contributed by atoms with van der Waals surface area (Å²) in [6.45, 7) is -0.0915. The molecule has 6 nitrogen and oxygen atoms in total. The van der Waals surface area contributed by atoms with Gasteiger partial charge in [-0.15, -0.1) is 0 Å². The van der Waals surface area contributed by atoms with E-state index in [0.717, 1.165) is 0 Å². The molecule has 1 aromatic rings. The van der Waals surface area contributed by atoms with E-state index in [0.29, 0.717) is 16.3 Å². The highest BCUT2D eigenvalue weighted by molar-refractivity contribution is 6.30. The van der Waals surface area contributed by atoms with E-state index >= 15 is 0 Å². The zero-order valence-electron chi connectivity index (χ0n) is 8.68. The first-order valence-corrected chi connectivity index (χ1v) is 4.89. The highest BCUT2D eigenvalue weighted by Gasteiger charge is 2.02. The average Bonchev–Trinajstić information content (AvgIpc) is 2.27. The van der Waals surface area contributed by atoms with Crippen LogP contribution in [0.1, 0.15) is 5.56 Å². The van der Waals surface area contributed by atoms with Crippen molar-refractivity contribution >= 4 is 23.8 Å². The number of halogens is 1. The number of hydrazone groups is 1. The Hall–Kier alpha value is -2.26. The van der Waals surface area contributed by atoms with Gasteiger partial charge in [0.1, 0.15) is 11.8 Å². The summed E-state index contributed by atoms with van der Waals surface area (Å²) in [5.74, 6) is 0.436. The predicted molar refractivity (Wildman–Crippen MR) is 62.9 cm³/mol. The summed E-state index contributed by atoms with van der Waals surface area (Å²) >= 11 is 5.80. The van der Waals surface area contributed by atoms with Crippen molar-refractivity contribution < 1.29 is 9.53 Å². The van der Waals surface area contributed by atoms with Gasteiger partial charge in [0.05, 0.1) is 6.21 Å². The van der Waals surface area contributed by atoms with Crippen molar-refractivity contribution in [3.05, 3.63) is 28.8 Å². The van der Waals surface area contributed by atoms with Crippen molar-refractivity contribution in [1.82, 2.24) is 5.43 Å². The first-order valence-electron chi connectivity index (χ1n) is 4.51. The van der Waals surface area contributed by atoms with Crippen molar-refractivity contribution in [2.75, 3.05) is 6.61 Å². The molecule has 0 aliphatic rings. The largest absolute Gasteiger partial charge is 0.478 e. The van der Waals surface area contributed by atoms with Gasteiger partial charge in [-0.2, -0.15) is 10.4 Å². The van der Waals surface area contributed by atoms with Gasteiger partial charge in [-0.05, 0) is 18.2 Å². The molecule has 0 saturated heterocycles. The summed E-state index contributed by atoms with van der Waals surface area (Å²) in [4.78, 5) is 10.4. The number of amides is 2. The third kappa shape index (κ3) is 4.40. The molecule has 0 atom stereocenters. The Labute approximate surface area is 103 Å². The summed E-state index contributed by atoms with van der Waals surface area (Å²) in [5.41, 5.74) is 7.41. The number of rotatable bonds is 4. The van der Waals surface area contributed by atoms with Crippen LogP contribution in [0.25, 0.3) is 0 Å². The molecule has 0 unspecified atom stereocenters. The number of hydrogen-bond donors (Lipinski definition) is 2. The van der Waals surface area contributed by atoms with Gasteiger partial charge in [-0.1, -0.05) is 11.6 Å². The van der Waals surface area contributed by atoms with Crippen molar-refractivity contribution in [2.24, 2.45) is 10.8 Å². The fourth-order valence-electron chi connectivity index (χ4n) is 1.03. The van der Waals surface area contributed by atoms with Crippen LogP contribution in [0.15, 0.2) is 23.3 Å². The fourth-order valence-corrected chi connectivity index (χ4v) is 1.21. The molecule has 0 aliphatic heterocycles. The summed E-state index contributed by atoms with van der Waals surface area (Å²) < 4.78 is 5.14. The minimum Gasteiger partial charge on any atom is -0.478 e. The molecule has 0 radical (unpaired) electrons. The Morgan fingerprint density at radius 1 is 1.71 bits per heavy atom. The number of nitrogens with two attached hydrogens (primary N) is 1. The maximum absolute atomic E-state index is 10.4. The SMILES string of the molecule is N#CCOc1ccc(Cl)cc1C=NNC(N)=O. The van der Waals surface area contributed by atoms with Crippen LogP contribution >= 0.6 is 11.6 Å². The third-order valence-electron chi connectivity index (χ3n) is 1.64. The molecule has 1 rings (SSSR count). The van der Waals surface area contributed by atoms with Crippen LogP contribution < -0.4 is 15.9 Å². The van der Waals surface area contributed by atoms with Crippen LogP contribution in [0.2, 0.25) is 5.02 Å². The lowest BCUT2D eigenvalue weighted by Crippen LogP contribution is -2.24. The first-order chi connectivity index (χ1) is 8.13. The number of hydrogen-bond acceptors (Lipinski definition) is 4. The van der Waals surface area contributed by atoms with E-state index in [-0.39, 0.29) is 6.61 Å². The summed E-state index contributed by atoms with van der Waals surface area (Å²) in [5, 5.41) is 12.5. The second kappa shape index (κ2) is 6.35. The number of benzene rings is 1. The minimum atomic E-state index is -0.775. The molecule has 88 valence electrons. The molecule has 17 heavy (non-hydrogen) atoms. The third-order valence-corrected chi connectivity index (χ3v) is 1.88. The lowest BCUT2D eigenvalue weighted by atomic mass is 10.2. The fraction of sp³-hybridized carbons (Fsp3) is 0.100. The molecule has 1 aromatic carbocycles. The topological polar surface area (TPSA) is 100 Å². The molecule has 0 heterocycles. The molecule has 0 spiro atoms. The monoisotopic (exact) mass is 252 g/mol. The van der Waals surface area contributed by atoms with Crippen LogP contribution in [0.5, 0.6) is 5.75 Å². The molecular weight excluding hydrogens is 244 g/mol. The number of carbonyl (C=O) groups is 1. The quantitative estimate of drug-likeness (QED) is 0.623. The second-order valence-electron chi connectivity index (χ2n) is 2.86. The first kappa shape index (κ1) is 12.8. The van der Waals surface area contributed by atoms with Crippen molar-refractivity contribution in [3.63, 3.8) is 0 Å². The van der Waals surface area contributed by atoms with Crippen LogP contribution in [-0.2, 0) is 0 Å². The number of carbonyl (C=O) groups excluding carboxylic acids is 1. The Bertz CT molecular complexity index is 482. The van der Waals surface area contributed by atoms with Crippen molar-refractivity contribution in [3.8, 4) is 11.8 Å². The Balaban J connectivity index is 2.87. The number of nitrogens with one attached hydrogen (secondary N) is 1. The van der Waals surface area contributed by atoms with Crippen molar-refractivity contribution in [2.45, 2.75) is 0 Å². The van der Waals surface area contributed by atoms with Gasteiger partial charge >= 0.3 is 6.03 Å². The second-order valence-corrected chi connectivity index (χ2v) is 3.30. The van der Waals surface area contributed by atoms with E-state index in [4.69, 9.17) is 27.3 Å². The van der Waals surface area contributed by atoms with Crippen LogP contribution in [0.4, 0.5) is 4.79 Å². The number of ether oxygens (including phenoxy) is 1. The van der Waals surface area contributed by atoms with Gasteiger partial charge in [0.2, 0.25) is 0 Å². The van der Waals surface area contributed by atoms with Gasteiger partial charge in [0, 0.05) is 10.6 Å². The summed E-state index contributed by atoms with van der Waals surface area (Å²) in [6.07, 6.45) is 1.32. The molecule has 3 N–H and O–H groups in total. The van der Waals surface area contributed by atoms with E-state index < -0.39 is 6.03 Å². The average molecular weight is 253 g/mol. The maximum atomic E-state index is 10.4. The summed E-state index contributed by atoms with van der Waals surface area (Å²) in [7, 11) is 0. The zero-order valence-corrected chi connectivity index (χ0v) is 9.44. The number of urea groups is 1. The highest BCUT2D eigenvalue weighted by Crippen LogP contribution is 2.21.